The van der Waals surface area contributed by atoms with Crippen LogP contribution in [0.25, 0.3) is 0 Å². The zero-order chi connectivity index (χ0) is 14.9. The first-order chi connectivity index (χ1) is 9.27. The molecule has 2 atom stereocenters. The molecule has 1 aliphatic heterocycles. The van der Waals surface area contributed by atoms with Gasteiger partial charge in [0, 0.05) is 24.9 Å². The lowest BCUT2D eigenvalue weighted by molar-refractivity contribution is -0.0586. The van der Waals surface area contributed by atoms with Crippen molar-refractivity contribution in [3.8, 4) is 0 Å². The van der Waals surface area contributed by atoms with Crippen LogP contribution >= 0.6 is 0 Å². The highest BCUT2D eigenvalue weighted by atomic mass is 32.2. The van der Waals surface area contributed by atoms with Gasteiger partial charge >= 0.3 is 0 Å². The second-order valence-electron chi connectivity index (χ2n) is 5.27. The predicted octanol–water partition coefficient (Wildman–Crippen LogP) is 1.34. The van der Waals surface area contributed by atoms with Gasteiger partial charge < -0.3 is 9.64 Å². The molecule has 1 aliphatic rings. The Morgan fingerprint density at radius 3 is 2.40 bits per heavy atom. The second-order valence-corrected chi connectivity index (χ2v) is 7.28. The standard InChI is InChI=1S/C14H19NO4S/c1-10-8-15(9-11(2)19-10)14(16)12-5-4-6-13(7-12)20(3,17)18/h4-7,10-11H,8-9H2,1-3H3/t10-,11+. The van der Waals surface area contributed by atoms with Crippen LogP contribution in [0.1, 0.15) is 24.2 Å². The molecule has 20 heavy (non-hydrogen) atoms. The molecule has 6 heteroatoms. The molecule has 1 saturated heterocycles. The molecule has 0 saturated carbocycles. The van der Waals surface area contributed by atoms with Gasteiger partial charge in [0.1, 0.15) is 0 Å². The van der Waals surface area contributed by atoms with Crippen LogP contribution in [0.5, 0.6) is 0 Å². The summed E-state index contributed by atoms with van der Waals surface area (Å²) in [5, 5.41) is 0. The zero-order valence-electron chi connectivity index (χ0n) is 11.9. The number of ether oxygens (including phenoxy) is 1. The van der Waals surface area contributed by atoms with Crippen molar-refractivity contribution in [2.75, 3.05) is 19.3 Å². The molecule has 0 bridgehead atoms. The van der Waals surface area contributed by atoms with Gasteiger partial charge in [-0.05, 0) is 32.0 Å². The highest BCUT2D eigenvalue weighted by Crippen LogP contribution is 2.17. The van der Waals surface area contributed by atoms with Crippen molar-refractivity contribution in [1.82, 2.24) is 4.90 Å². The highest BCUT2D eigenvalue weighted by molar-refractivity contribution is 7.90. The summed E-state index contributed by atoms with van der Waals surface area (Å²) in [5.41, 5.74) is 0.397. The molecule has 1 heterocycles. The molecular formula is C14H19NO4S. The number of carbonyl (C=O) groups is 1. The van der Waals surface area contributed by atoms with Gasteiger partial charge in [-0.1, -0.05) is 6.07 Å². The van der Waals surface area contributed by atoms with E-state index in [-0.39, 0.29) is 23.0 Å². The summed E-state index contributed by atoms with van der Waals surface area (Å²) in [6, 6.07) is 6.16. The molecule has 1 aromatic rings. The maximum absolute atomic E-state index is 12.4. The largest absolute Gasteiger partial charge is 0.372 e. The van der Waals surface area contributed by atoms with Crippen LogP contribution in [0.15, 0.2) is 29.2 Å². The molecule has 0 aromatic heterocycles. The molecule has 110 valence electrons. The van der Waals surface area contributed by atoms with Gasteiger partial charge in [-0.25, -0.2) is 8.42 Å². The van der Waals surface area contributed by atoms with Crippen molar-refractivity contribution in [1.29, 1.82) is 0 Å². The fourth-order valence-corrected chi connectivity index (χ4v) is 3.05. The van der Waals surface area contributed by atoms with E-state index >= 15 is 0 Å². The van der Waals surface area contributed by atoms with E-state index < -0.39 is 9.84 Å². The monoisotopic (exact) mass is 297 g/mol. The Balaban J connectivity index is 2.25. The molecule has 0 unspecified atom stereocenters. The molecule has 1 amide bonds. The summed E-state index contributed by atoms with van der Waals surface area (Å²) in [6.45, 7) is 4.88. The van der Waals surface area contributed by atoms with E-state index in [0.717, 1.165) is 6.26 Å². The molecule has 0 radical (unpaired) electrons. The number of benzene rings is 1. The van der Waals surface area contributed by atoms with Crippen LogP contribution in [0.3, 0.4) is 0 Å². The molecule has 2 rings (SSSR count). The Bertz CT molecular complexity index is 601. The molecule has 0 aliphatic carbocycles. The summed E-state index contributed by atoms with van der Waals surface area (Å²) in [7, 11) is -3.31. The van der Waals surface area contributed by atoms with Gasteiger partial charge in [-0.3, -0.25) is 4.79 Å². The van der Waals surface area contributed by atoms with Crippen LogP contribution in [-0.4, -0.2) is 50.8 Å². The minimum absolute atomic E-state index is 0.0132. The van der Waals surface area contributed by atoms with Gasteiger partial charge in [0.15, 0.2) is 9.84 Å². The van der Waals surface area contributed by atoms with Gasteiger partial charge in [-0.2, -0.15) is 0 Å². The SMILES string of the molecule is C[C@@H]1CN(C(=O)c2cccc(S(C)(=O)=O)c2)C[C@H](C)O1. The minimum atomic E-state index is -3.31. The van der Waals surface area contributed by atoms with Gasteiger partial charge in [0.05, 0.1) is 17.1 Å². The smallest absolute Gasteiger partial charge is 0.254 e. The van der Waals surface area contributed by atoms with E-state index in [9.17, 15) is 13.2 Å². The fraction of sp³-hybridized carbons (Fsp3) is 0.500. The Kier molecular flexibility index (Phi) is 4.15. The first kappa shape index (κ1) is 15.0. The Labute approximate surface area is 119 Å². The Morgan fingerprint density at radius 1 is 1.25 bits per heavy atom. The van der Waals surface area contributed by atoms with Crippen LogP contribution in [0.4, 0.5) is 0 Å². The number of hydrogen-bond acceptors (Lipinski definition) is 4. The van der Waals surface area contributed by atoms with E-state index in [4.69, 9.17) is 4.74 Å². The number of amides is 1. The average molecular weight is 297 g/mol. The van der Waals surface area contributed by atoms with Crippen LogP contribution in [0.2, 0.25) is 0 Å². The minimum Gasteiger partial charge on any atom is -0.372 e. The summed E-state index contributed by atoms with van der Waals surface area (Å²) in [5.74, 6) is -0.155. The quantitative estimate of drug-likeness (QED) is 0.826. The maximum Gasteiger partial charge on any atom is 0.254 e. The van der Waals surface area contributed by atoms with E-state index in [2.05, 4.69) is 0 Å². The average Bonchev–Trinajstić information content (AvgIpc) is 2.36. The number of morpholine rings is 1. The van der Waals surface area contributed by atoms with Crippen molar-refractivity contribution in [2.45, 2.75) is 31.0 Å². The maximum atomic E-state index is 12.4. The molecule has 0 N–H and O–H groups in total. The summed E-state index contributed by atoms with van der Waals surface area (Å²) in [6.07, 6.45) is 1.11. The molecular weight excluding hydrogens is 278 g/mol. The van der Waals surface area contributed by atoms with Crippen molar-refractivity contribution >= 4 is 15.7 Å². The molecule has 1 fully saturated rings. The summed E-state index contributed by atoms with van der Waals surface area (Å²) >= 11 is 0. The van der Waals surface area contributed by atoms with Crippen molar-refractivity contribution < 1.29 is 17.9 Å². The molecule has 1 aromatic carbocycles. The number of sulfone groups is 1. The van der Waals surface area contributed by atoms with Crippen molar-refractivity contribution in [3.63, 3.8) is 0 Å². The first-order valence-corrected chi connectivity index (χ1v) is 8.41. The summed E-state index contributed by atoms with van der Waals surface area (Å²) in [4.78, 5) is 14.3. The normalized spacial score (nSPS) is 23.6. The van der Waals surface area contributed by atoms with Crippen LogP contribution < -0.4 is 0 Å². The van der Waals surface area contributed by atoms with E-state index in [1.165, 1.54) is 12.1 Å². The number of nitrogens with zero attached hydrogens (tertiary/aromatic N) is 1. The third kappa shape index (κ3) is 3.37. The lowest BCUT2D eigenvalue weighted by atomic mass is 10.1. The van der Waals surface area contributed by atoms with Crippen LogP contribution in [-0.2, 0) is 14.6 Å². The topological polar surface area (TPSA) is 63.7 Å². The fourth-order valence-electron chi connectivity index (χ4n) is 2.39. The van der Waals surface area contributed by atoms with E-state index in [1.807, 2.05) is 13.8 Å². The number of rotatable bonds is 2. The zero-order valence-corrected chi connectivity index (χ0v) is 12.7. The lowest BCUT2D eigenvalue weighted by Gasteiger charge is -2.35. The number of hydrogen-bond donors (Lipinski definition) is 0. The number of carbonyl (C=O) groups excluding carboxylic acids is 1. The van der Waals surface area contributed by atoms with Crippen LogP contribution in [0, 0.1) is 0 Å². The third-order valence-corrected chi connectivity index (χ3v) is 4.33. The van der Waals surface area contributed by atoms with Crippen molar-refractivity contribution in [3.05, 3.63) is 29.8 Å². The first-order valence-electron chi connectivity index (χ1n) is 6.52. The second kappa shape index (κ2) is 5.54. The van der Waals surface area contributed by atoms with Crippen molar-refractivity contribution in [2.24, 2.45) is 0 Å². The van der Waals surface area contributed by atoms with E-state index in [1.54, 1.807) is 17.0 Å². The third-order valence-electron chi connectivity index (χ3n) is 3.22. The predicted molar refractivity (Wildman–Crippen MR) is 75.5 cm³/mol. The Hall–Kier alpha value is -1.40. The van der Waals surface area contributed by atoms with Gasteiger partial charge in [0.25, 0.3) is 5.91 Å². The van der Waals surface area contributed by atoms with Gasteiger partial charge in [-0.15, -0.1) is 0 Å². The lowest BCUT2D eigenvalue weighted by Crippen LogP contribution is -2.48. The molecule has 0 spiro atoms. The van der Waals surface area contributed by atoms with E-state index in [0.29, 0.717) is 18.7 Å². The summed E-state index contributed by atoms with van der Waals surface area (Å²) < 4.78 is 28.7. The van der Waals surface area contributed by atoms with Gasteiger partial charge in [0.2, 0.25) is 0 Å². The molecule has 5 nitrogen and oxygen atoms in total. The Morgan fingerprint density at radius 2 is 1.85 bits per heavy atom. The highest BCUT2D eigenvalue weighted by Gasteiger charge is 2.26.